The van der Waals surface area contributed by atoms with Crippen LogP contribution in [0.5, 0.6) is 0 Å². The average Bonchev–Trinajstić information content (AvgIpc) is 3.30. The molecule has 3 heterocycles. The van der Waals surface area contributed by atoms with Crippen molar-refractivity contribution in [1.29, 1.82) is 5.26 Å². The Morgan fingerprint density at radius 3 is 2.69 bits per heavy atom. The first-order valence-corrected chi connectivity index (χ1v) is 9.90. The second-order valence-corrected chi connectivity index (χ2v) is 6.99. The van der Waals surface area contributed by atoms with E-state index >= 15 is 0 Å². The molecule has 0 bridgehead atoms. The van der Waals surface area contributed by atoms with E-state index in [1.54, 1.807) is 35.2 Å². The molecule has 0 fully saturated rings. The number of imidazole rings is 1. The number of pyridine rings is 1. The molecule has 8 nitrogen and oxygen atoms in total. The van der Waals surface area contributed by atoms with E-state index in [1.165, 1.54) is 29.4 Å². The fourth-order valence-corrected chi connectivity index (χ4v) is 3.93. The van der Waals surface area contributed by atoms with Crippen molar-refractivity contribution in [3.63, 3.8) is 0 Å². The van der Waals surface area contributed by atoms with Gasteiger partial charge in [-0.25, -0.2) is 19.3 Å². The summed E-state index contributed by atoms with van der Waals surface area (Å²) in [6, 6.07) is 15.3. The third-order valence-electron chi connectivity index (χ3n) is 5.29. The molecule has 9 heteroatoms. The van der Waals surface area contributed by atoms with Crippen molar-refractivity contribution < 1.29 is 4.39 Å². The fourth-order valence-electron chi connectivity index (χ4n) is 3.93. The number of fused-ring (bicyclic) bond motifs is 2. The highest BCUT2D eigenvalue weighted by Crippen LogP contribution is 2.34. The first-order valence-electron chi connectivity index (χ1n) is 9.90. The number of aromatic amines is 1. The third kappa shape index (κ3) is 2.81. The molecule has 0 saturated heterocycles. The molecule has 1 N–H and O–H groups in total. The molecule has 156 valence electrons. The van der Waals surface area contributed by atoms with E-state index in [-0.39, 0.29) is 16.3 Å². The van der Waals surface area contributed by atoms with E-state index in [2.05, 4.69) is 26.0 Å². The molecule has 0 aliphatic carbocycles. The van der Waals surface area contributed by atoms with Crippen LogP contribution in [0.3, 0.4) is 0 Å². The van der Waals surface area contributed by atoms with Crippen LogP contribution in [-0.2, 0) is 0 Å². The van der Waals surface area contributed by atoms with Crippen molar-refractivity contribution in [3.05, 3.63) is 82.9 Å². The highest BCUT2D eigenvalue weighted by atomic mass is 19.1. The molecular weight excluding hydrogens is 409 g/mol. The molecule has 0 radical (unpaired) electrons. The van der Waals surface area contributed by atoms with Gasteiger partial charge in [0.05, 0.1) is 17.4 Å². The summed E-state index contributed by atoms with van der Waals surface area (Å²) in [4.78, 5) is 31.1. The molecule has 0 saturated carbocycles. The normalized spacial score (nSPS) is 11.0. The van der Waals surface area contributed by atoms with Gasteiger partial charge in [0.15, 0.2) is 11.5 Å². The van der Waals surface area contributed by atoms with Crippen molar-refractivity contribution in [2.45, 2.75) is 6.92 Å². The molecular formula is C23H16FN7O. The van der Waals surface area contributed by atoms with Crippen LogP contribution in [0, 0.1) is 17.1 Å². The minimum atomic E-state index is -0.679. The van der Waals surface area contributed by atoms with Gasteiger partial charge in [0.2, 0.25) is 0 Å². The number of halogens is 1. The summed E-state index contributed by atoms with van der Waals surface area (Å²) < 4.78 is 16.2. The molecule has 0 unspecified atom stereocenters. The first-order chi connectivity index (χ1) is 15.7. The van der Waals surface area contributed by atoms with E-state index in [9.17, 15) is 14.4 Å². The maximum absolute atomic E-state index is 14.8. The summed E-state index contributed by atoms with van der Waals surface area (Å²) in [5.41, 5.74) is 1.11. The van der Waals surface area contributed by atoms with Gasteiger partial charge in [0.1, 0.15) is 35.1 Å². The Kier molecular flexibility index (Phi) is 4.60. The molecule has 0 spiro atoms. The number of aromatic nitrogens is 5. The third-order valence-corrected chi connectivity index (χ3v) is 5.29. The Labute approximate surface area is 181 Å². The lowest BCUT2D eigenvalue weighted by Gasteiger charge is -2.27. The summed E-state index contributed by atoms with van der Waals surface area (Å²) in [5, 5.41) is 10.3. The second-order valence-electron chi connectivity index (χ2n) is 6.99. The number of rotatable bonds is 4. The van der Waals surface area contributed by atoms with Crippen LogP contribution in [0.15, 0.2) is 66.0 Å². The minimum Gasteiger partial charge on any atom is -0.340 e. The van der Waals surface area contributed by atoms with Gasteiger partial charge in [-0.15, -0.1) is 0 Å². The van der Waals surface area contributed by atoms with Gasteiger partial charge in [-0.2, -0.15) is 5.26 Å². The van der Waals surface area contributed by atoms with E-state index in [1.807, 2.05) is 13.0 Å². The number of anilines is 2. The Balaban J connectivity index is 1.97. The smallest absolute Gasteiger partial charge is 0.267 e. The molecule has 3 aromatic heterocycles. The molecule has 32 heavy (non-hydrogen) atoms. The molecule has 0 aliphatic rings. The zero-order chi connectivity index (χ0) is 22.2. The van der Waals surface area contributed by atoms with Crippen LogP contribution in [0.1, 0.15) is 12.5 Å². The van der Waals surface area contributed by atoms with Crippen molar-refractivity contribution in [1.82, 2.24) is 24.5 Å². The summed E-state index contributed by atoms with van der Waals surface area (Å²) in [6.07, 6.45) is 2.88. The van der Waals surface area contributed by atoms with Gasteiger partial charge in [-0.3, -0.25) is 9.36 Å². The van der Waals surface area contributed by atoms with Crippen LogP contribution in [0.2, 0.25) is 0 Å². The van der Waals surface area contributed by atoms with Gasteiger partial charge < -0.3 is 9.88 Å². The Morgan fingerprint density at radius 2 is 1.94 bits per heavy atom. The SMILES string of the molecule is CCN(c1ncnc2nc[nH]c12)c1c(C#N)c2cccc(F)c2c(=O)n1-c1ccccc1. The number of benzene rings is 2. The number of para-hydroxylation sites is 1. The van der Waals surface area contributed by atoms with Gasteiger partial charge >= 0.3 is 0 Å². The average molecular weight is 425 g/mol. The molecule has 0 amide bonds. The Bertz CT molecular complexity index is 1570. The monoisotopic (exact) mass is 425 g/mol. The Morgan fingerprint density at radius 1 is 1.12 bits per heavy atom. The number of nitrogens with one attached hydrogen (secondary N) is 1. The van der Waals surface area contributed by atoms with E-state index < -0.39 is 11.4 Å². The van der Waals surface area contributed by atoms with E-state index in [0.717, 1.165) is 0 Å². The fraction of sp³-hybridized carbons (Fsp3) is 0.0870. The second kappa shape index (κ2) is 7.59. The molecule has 2 aromatic carbocycles. The summed E-state index contributed by atoms with van der Waals surface area (Å²) in [6.45, 7) is 2.24. The zero-order valence-electron chi connectivity index (χ0n) is 17.0. The first kappa shape index (κ1) is 19.4. The summed E-state index contributed by atoms with van der Waals surface area (Å²) >= 11 is 0. The molecule has 0 atom stereocenters. The van der Waals surface area contributed by atoms with Gasteiger partial charge in [0.25, 0.3) is 5.56 Å². The minimum absolute atomic E-state index is 0.137. The van der Waals surface area contributed by atoms with Crippen molar-refractivity contribution in [3.8, 4) is 11.8 Å². The number of hydrogen-bond acceptors (Lipinski definition) is 6. The largest absolute Gasteiger partial charge is 0.340 e. The van der Waals surface area contributed by atoms with Crippen LogP contribution in [0.25, 0.3) is 27.6 Å². The lowest BCUT2D eigenvalue weighted by atomic mass is 10.1. The maximum Gasteiger partial charge on any atom is 0.267 e. The topological polar surface area (TPSA) is 103 Å². The Hall–Kier alpha value is -4.58. The van der Waals surface area contributed by atoms with Crippen molar-refractivity contribution >= 4 is 33.6 Å². The predicted molar refractivity (Wildman–Crippen MR) is 119 cm³/mol. The van der Waals surface area contributed by atoms with Crippen LogP contribution < -0.4 is 10.5 Å². The predicted octanol–water partition coefficient (Wildman–Crippen LogP) is 3.83. The van der Waals surface area contributed by atoms with Crippen LogP contribution in [0.4, 0.5) is 16.0 Å². The molecule has 5 rings (SSSR count). The standard InChI is InChI=1S/C23H16FN7O/c1-2-30(21-19-20(27-12-26-19)28-13-29-21)22-16(11-25)15-9-6-10-17(24)18(15)23(32)31(22)14-7-4-3-5-8-14/h3-10,12-13H,2H2,1H3,(H,26,27,28,29). The zero-order valence-corrected chi connectivity index (χ0v) is 17.0. The van der Waals surface area contributed by atoms with Crippen LogP contribution in [-0.4, -0.2) is 31.0 Å². The van der Waals surface area contributed by atoms with Crippen molar-refractivity contribution in [2.24, 2.45) is 0 Å². The summed E-state index contributed by atoms with van der Waals surface area (Å²) in [5.74, 6) is 0.0616. The van der Waals surface area contributed by atoms with E-state index in [0.29, 0.717) is 35.0 Å². The lowest BCUT2D eigenvalue weighted by molar-refractivity contribution is 0.638. The number of hydrogen-bond donors (Lipinski definition) is 1. The molecule has 0 aliphatic heterocycles. The number of nitriles is 1. The highest BCUT2D eigenvalue weighted by Gasteiger charge is 2.26. The van der Waals surface area contributed by atoms with Gasteiger partial charge in [-0.1, -0.05) is 30.3 Å². The van der Waals surface area contributed by atoms with E-state index in [4.69, 9.17) is 0 Å². The lowest BCUT2D eigenvalue weighted by Crippen LogP contribution is -2.30. The van der Waals surface area contributed by atoms with Gasteiger partial charge in [0, 0.05) is 11.9 Å². The van der Waals surface area contributed by atoms with Crippen molar-refractivity contribution in [2.75, 3.05) is 11.4 Å². The highest BCUT2D eigenvalue weighted by molar-refractivity contribution is 5.95. The van der Waals surface area contributed by atoms with Crippen LogP contribution >= 0.6 is 0 Å². The van der Waals surface area contributed by atoms with Gasteiger partial charge in [-0.05, 0) is 25.1 Å². The number of nitrogens with zero attached hydrogens (tertiary/aromatic N) is 6. The quantitative estimate of drug-likeness (QED) is 0.469. The number of H-pyrrole nitrogens is 1. The molecule has 5 aromatic rings. The summed E-state index contributed by atoms with van der Waals surface area (Å²) in [7, 11) is 0. The maximum atomic E-state index is 14.8.